The van der Waals surface area contributed by atoms with Crippen molar-refractivity contribution in [1.29, 1.82) is 0 Å². The molecule has 0 amide bonds. The highest BCUT2D eigenvalue weighted by Gasteiger charge is 1.92. The van der Waals surface area contributed by atoms with E-state index in [1.54, 1.807) is 0 Å². The van der Waals surface area contributed by atoms with Crippen molar-refractivity contribution in [1.82, 2.24) is 0 Å². The summed E-state index contributed by atoms with van der Waals surface area (Å²) in [5.74, 6) is 1.00. The first-order valence-electron chi connectivity index (χ1n) is 3.08. The summed E-state index contributed by atoms with van der Waals surface area (Å²) >= 11 is 0.328. The second-order valence-corrected chi connectivity index (χ2v) is 2.91. The van der Waals surface area contributed by atoms with Gasteiger partial charge in [-0.1, -0.05) is 13.8 Å². The van der Waals surface area contributed by atoms with E-state index < -0.39 is 0 Å². The maximum absolute atomic E-state index is 11.4. The molecule has 56 valence electrons. The van der Waals surface area contributed by atoms with Gasteiger partial charge in [-0.05, 0) is 5.92 Å². The summed E-state index contributed by atoms with van der Waals surface area (Å²) in [4.78, 5) is 0. The topological polar surface area (TPSA) is 9.23 Å². The zero-order chi connectivity index (χ0) is 7.11. The molecule has 0 saturated carbocycles. The third kappa shape index (κ3) is 8.24. The highest BCUT2D eigenvalue weighted by atomic mass is 32.2. The lowest BCUT2D eigenvalue weighted by molar-refractivity contribution is 0.124. The van der Waals surface area contributed by atoms with Gasteiger partial charge in [0.05, 0.1) is 6.61 Å². The standard InChI is InChI=1S/C6H13FOS/c1-6(2)5-8-3-4-9-7/h6H,3-5H2,1-2H3. The Balaban J connectivity index is 2.75. The molecule has 0 aliphatic carbocycles. The molecule has 0 saturated heterocycles. The zero-order valence-corrected chi connectivity index (χ0v) is 6.71. The Bertz CT molecular complexity index is 59.0. The van der Waals surface area contributed by atoms with Crippen molar-refractivity contribution in [3.63, 3.8) is 0 Å². The van der Waals surface area contributed by atoms with E-state index in [9.17, 15) is 3.89 Å². The molecule has 0 aromatic carbocycles. The van der Waals surface area contributed by atoms with Crippen LogP contribution in [-0.4, -0.2) is 19.0 Å². The summed E-state index contributed by atoms with van der Waals surface area (Å²) in [6.45, 7) is 5.41. The fourth-order valence-electron chi connectivity index (χ4n) is 0.409. The minimum atomic E-state index is 0.328. The van der Waals surface area contributed by atoms with E-state index in [2.05, 4.69) is 13.8 Å². The average Bonchev–Trinajstić information content (AvgIpc) is 1.80. The van der Waals surface area contributed by atoms with Crippen LogP contribution in [0.2, 0.25) is 0 Å². The van der Waals surface area contributed by atoms with Crippen LogP contribution < -0.4 is 0 Å². The summed E-state index contributed by atoms with van der Waals surface area (Å²) in [6, 6.07) is 0. The molecule has 0 aromatic heterocycles. The average molecular weight is 152 g/mol. The van der Waals surface area contributed by atoms with Gasteiger partial charge in [-0.3, -0.25) is 0 Å². The maximum atomic E-state index is 11.4. The van der Waals surface area contributed by atoms with Gasteiger partial charge in [-0.25, -0.2) is 0 Å². The van der Waals surface area contributed by atoms with Gasteiger partial charge in [-0.2, -0.15) is 3.89 Å². The van der Waals surface area contributed by atoms with Gasteiger partial charge in [0.1, 0.15) is 0 Å². The Labute approximate surface area is 60.3 Å². The highest BCUT2D eigenvalue weighted by Crippen LogP contribution is 1.99. The quantitative estimate of drug-likeness (QED) is 0.559. The number of ether oxygens (including phenoxy) is 1. The van der Waals surface area contributed by atoms with E-state index in [0.29, 0.717) is 30.4 Å². The molecule has 0 rings (SSSR count). The summed E-state index contributed by atoms with van der Waals surface area (Å²) in [5.41, 5.74) is 0. The molecule has 0 N–H and O–H groups in total. The van der Waals surface area contributed by atoms with Gasteiger partial charge in [0.25, 0.3) is 0 Å². The first kappa shape index (κ1) is 9.24. The molecule has 3 heteroatoms. The largest absolute Gasteiger partial charge is 0.380 e. The molecule has 1 nitrogen and oxygen atoms in total. The molecule has 0 aliphatic heterocycles. The van der Waals surface area contributed by atoms with Crippen molar-refractivity contribution in [2.45, 2.75) is 13.8 Å². The Morgan fingerprint density at radius 2 is 2.22 bits per heavy atom. The molecule has 0 atom stereocenters. The molecule has 0 aliphatic rings. The summed E-state index contributed by atoms with van der Waals surface area (Å²) < 4.78 is 16.4. The van der Waals surface area contributed by atoms with E-state index in [1.165, 1.54) is 0 Å². The Hall–Kier alpha value is 0.240. The van der Waals surface area contributed by atoms with E-state index in [1.807, 2.05) is 0 Å². The van der Waals surface area contributed by atoms with Gasteiger partial charge in [0.15, 0.2) is 0 Å². The summed E-state index contributed by atoms with van der Waals surface area (Å²) in [6.07, 6.45) is 0. The molecule has 0 heterocycles. The molecule has 9 heavy (non-hydrogen) atoms. The van der Waals surface area contributed by atoms with E-state index in [-0.39, 0.29) is 0 Å². The van der Waals surface area contributed by atoms with Crippen molar-refractivity contribution in [2.75, 3.05) is 19.0 Å². The molecule has 0 radical (unpaired) electrons. The van der Waals surface area contributed by atoms with Crippen LogP contribution in [0.15, 0.2) is 0 Å². The first-order chi connectivity index (χ1) is 4.27. The van der Waals surface area contributed by atoms with Crippen molar-refractivity contribution in [2.24, 2.45) is 5.92 Å². The smallest absolute Gasteiger partial charge is 0.0582 e. The molecular formula is C6H13FOS. The fraction of sp³-hybridized carbons (Fsp3) is 1.00. The van der Waals surface area contributed by atoms with Crippen LogP contribution in [0.3, 0.4) is 0 Å². The molecule has 0 aromatic rings. The van der Waals surface area contributed by atoms with Crippen molar-refractivity contribution in [3.8, 4) is 0 Å². The Morgan fingerprint density at radius 1 is 1.56 bits per heavy atom. The van der Waals surface area contributed by atoms with Crippen LogP contribution in [0.25, 0.3) is 0 Å². The zero-order valence-electron chi connectivity index (χ0n) is 5.89. The second-order valence-electron chi connectivity index (χ2n) is 2.28. The second kappa shape index (κ2) is 6.36. The lowest BCUT2D eigenvalue weighted by atomic mass is 10.2. The van der Waals surface area contributed by atoms with Crippen molar-refractivity contribution >= 4 is 12.1 Å². The molecule has 0 fully saturated rings. The van der Waals surface area contributed by atoms with Gasteiger partial charge >= 0.3 is 0 Å². The van der Waals surface area contributed by atoms with Gasteiger partial charge in [-0.15, -0.1) is 0 Å². The van der Waals surface area contributed by atoms with Gasteiger partial charge < -0.3 is 4.74 Å². The first-order valence-corrected chi connectivity index (χ1v) is 3.97. The van der Waals surface area contributed by atoms with Crippen LogP contribution in [0.1, 0.15) is 13.8 Å². The number of hydrogen-bond acceptors (Lipinski definition) is 2. The molecular weight excluding hydrogens is 139 g/mol. The summed E-state index contributed by atoms with van der Waals surface area (Å²) in [7, 11) is 0. The minimum Gasteiger partial charge on any atom is -0.380 e. The molecule has 0 spiro atoms. The third-order valence-corrected chi connectivity index (χ3v) is 1.08. The highest BCUT2D eigenvalue weighted by molar-refractivity contribution is 7.94. The van der Waals surface area contributed by atoms with Crippen LogP contribution in [0, 0.1) is 5.92 Å². The lowest BCUT2D eigenvalue weighted by Gasteiger charge is -2.03. The maximum Gasteiger partial charge on any atom is 0.0582 e. The molecule has 0 bridgehead atoms. The van der Waals surface area contributed by atoms with E-state index >= 15 is 0 Å². The Kier molecular flexibility index (Phi) is 6.53. The third-order valence-electron chi connectivity index (χ3n) is 0.756. The number of halogens is 1. The lowest BCUT2D eigenvalue weighted by Crippen LogP contribution is -2.03. The number of hydrogen-bond donors (Lipinski definition) is 0. The van der Waals surface area contributed by atoms with Crippen LogP contribution >= 0.6 is 12.1 Å². The SMILES string of the molecule is CC(C)COCCSF. The van der Waals surface area contributed by atoms with Crippen molar-refractivity contribution in [3.05, 3.63) is 0 Å². The van der Waals surface area contributed by atoms with E-state index in [0.717, 1.165) is 6.61 Å². The van der Waals surface area contributed by atoms with Crippen LogP contribution in [0.5, 0.6) is 0 Å². The van der Waals surface area contributed by atoms with Crippen molar-refractivity contribution < 1.29 is 8.62 Å². The van der Waals surface area contributed by atoms with E-state index in [4.69, 9.17) is 4.74 Å². The fourth-order valence-corrected chi connectivity index (χ4v) is 0.590. The number of rotatable bonds is 5. The predicted molar refractivity (Wildman–Crippen MR) is 39.2 cm³/mol. The normalized spacial score (nSPS) is 10.7. The molecule has 0 unspecified atom stereocenters. The monoisotopic (exact) mass is 152 g/mol. The minimum absolute atomic E-state index is 0.328. The van der Waals surface area contributed by atoms with Crippen LogP contribution in [-0.2, 0) is 4.74 Å². The summed E-state index contributed by atoms with van der Waals surface area (Å²) in [5, 5.41) is 0. The van der Waals surface area contributed by atoms with Gasteiger partial charge in [0.2, 0.25) is 0 Å². The van der Waals surface area contributed by atoms with Gasteiger partial charge in [0, 0.05) is 24.5 Å². The van der Waals surface area contributed by atoms with Crippen LogP contribution in [0.4, 0.5) is 3.89 Å². The predicted octanol–water partition coefficient (Wildman–Crippen LogP) is 2.28. The Morgan fingerprint density at radius 3 is 2.67 bits per heavy atom.